The quantitative estimate of drug-likeness (QED) is 0.135. The number of para-hydroxylation sites is 3. The van der Waals surface area contributed by atoms with E-state index in [1.807, 2.05) is 121 Å². The summed E-state index contributed by atoms with van der Waals surface area (Å²) in [7, 11) is 0. The number of benzene rings is 18. The summed E-state index contributed by atoms with van der Waals surface area (Å²) in [5, 5.41) is 19.6. The van der Waals surface area contributed by atoms with Crippen molar-refractivity contribution in [2.45, 2.75) is 0 Å². The summed E-state index contributed by atoms with van der Waals surface area (Å²) in [6.07, 6.45) is 0. The highest BCUT2D eigenvalue weighted by molar-refractivity contribution is 6.19. The molecule has 6 aromatic heterocycles. The van der Waals surface area contributed by atoms with Gasteiger partial charge in [0.2, 0.25) is 0 Å². The third kappa shape index (κ3) is 11.2. The molecule has 0 saturated carbocycles. The standard InChI is InChI=1S/2C53H33N5/c1-3-14-34(15-4-1)51-54-52(35-16-5-2-6-17-35)56-53(55-51)40-22-13-23-41(28-40)57-48-27-26-42(33-46(48)45-30-37-19-8-10-21-39(37)32-50(45)57)58-47-25-12-11-24-43(47)44-29-36-18-7-9-20-38(36)31-49(44)58;1-3-14-34(15-4-1)51-54-52(35-16-5-2-6-17-35)56-53(55-51)39-20-13-21-41(28-39)57-47-24-11-10-23-44(47)46-31-40-29-42(27-26-38(40)33-50(46)57)58-48-25-12-9-22-43(48)45-30-36-18-7-8-19-37(36)32-49(45)58/h2*1-33H. The van der Waals surface area contributed by atoms with E-state index < -0.39 is 0 Å². The van der Waals surface area contributed by atoms with Crippen molar-refractivity contribution in [1.29, 1.82) is 0 Å². The zero-order valence-electron chi connectivity index (χ0n) is 62.6. The summed E-state index contributed by atoms with van der Waals surface area (Å²) in [5.41, 5.74) is 19.3. The lowest BCUT2D eigenvalue weighted by atomic mass is 10.0. The second-order valence-corrected chi connectivity index (χ2v) is 29.8. The maximum absolute atomic E-state index is 5.06. The van der Waals surface area contributed by atoms with Gasteiger partial charge in [0.05, 0.1) is 44.1 Å². The Bertz CT molecular complexity index is 7970. The van der Waals surface area contributed by atoms with Gasteiger partial charge in [-0.3, -0.25) is 0 Å². The number of rotatable bonds is 10. The molecule has 0 aliphatic heterocycles. The van der Waals surface area contributed by atoms with Crippen molar-refractivity contribution < 1.29 is 0 Å². The van der Waals surface area contributed by atoms with E-state index in [2.05, 4.69) is 297 Å². The molecule has 0 bridgehead atoms. The lowest BCUT2D eigenvalue weighted by Crippen LogP contribution is -2.01. The summed E-state index contributed by atoms with van der Waals surface area (Å²) >= 11 is 0. The highest BCUT2D eigenvalue weighted by atomic mass is 15.1. The molecule has 0 N–H and O–H groups in total. The molecule has 18 aromatic carbocycles. The van der Waals surface area contributed by atoms with Crippen LogP contribution in [0.1, 0.15) is 0 Å². The number of fused-ring (bicyclic) bond motifs is 16. The molecule has 116 heavy (non-hydrogen) atoms. The molecule has 24 aromatic rings. The van der Waals surface area contributed by atoms with E-state index in [0.29, 0.717) is 34.9 Å². The van der Waals surface area contributed by atoms with E-state index in [9.17, 15) is 0 Å². The summed E-state index contributed by atoms with van der Waals surface area (Å²) in [6, 6.07) is 142. The van der Waals surface area contributed by atoms with Crippen LogP contribution in [0.4, 0.5) is 0 Å². The molecular weight excluding hydrogens is 1410 g/mol. The fourth-order valence-electron chi connectivity index (χ4n) is 17.5. The van der Waals surface area contributed by atoms with Crippen molar-refractivity contribution in [2.75, 3.05) is 0 Å². The van der Waals surface area contributed by atoms with Crippen LogP contribution in [0.3, 0.4) is 0 Å². The first-order valence-electron chi connectivity index (χ1n) is 39.2. The van der Waals surface area contributed by atoms with Gasteiger partial charge < -0.3 is 18.3 Å². The van der Waals surface area contributed by atoms with Gasteiger partial charge >= 0.3 is 0 Å². The van der Waals surface area contributed by atoms with E-state index in [-0.39, 0.29) is 0 Å². The number of nitrogens with zero attached hydrogens (tertiary/aromatic N) is 10. The van der Waals surface area contributed by atoms with Crippen LogP contribution in [0.5, 0.6) is 0 Å². The van der Waals surface area contributed by atoms with Gasteiger partial charge in [0.15, 0.2) is 34.9 Å². The van der Waals surface area contributed by atoms with Gasteiger partial charge in [-0.25, -0.2) is 29.9 Å². The first-order valence-corrected chi connectivity index (χ1v) is 39.2. The van der Waals surface area contributed by atoms with E-state index in [1.54, 1.807) is 0 Å². The SMILES string of the molecule is c1ccc(-c2nc(-c3ccccc3)nc(-c3cccc(-n4c5ccc(-n6c7ccccc7c7cc8ccccc8cc76)cc5c5cc6ccccc6cc54)c3)n2)cc1.c1ccc(-c2nc(-c3ccccc3)nc(-c3cccc(-n4c5ccccc5c5cc6cc(-n7c8ccccc8c8cc9ccccc9cc87)ccc6cc54)c3)n2)cc1. The second-order valence-electron chi connectivity index (χ2n) is 29.8. The number of hydrogen-bond acceptors (Lipinski definition) is 6. The molecule has 0 atom stereocenters. The Morgan fingerprint density at radius 3 is 0.733 bits per heavy atom. The van der Waals surface area contributed by atoms with Gasteiger partial charge in [-0.05, 0) is 164 Å². The molecule has 24 rings (SSSR count). The van der Waals surface area contributed by atoms with Crippen LogP contribution in [0.25, 0.3) is 221 Å². The fourth-order valence-corrected chi connectivity index (χ4v) is 17.5. The lowest BCUT2D eigenvalue weighted by molar-refractivity contribution is 1.07. The normalized spacial score (nSPS) is 11.8. The zero-order valence-corrected chi connectivity index (χ0v) is 62.6. The third-order valence-corrected chi connectivity index (χ3v) is 23.0. The Kier molecular flexibility index (Phi) is 15.4. The predicted octanol–water partition coefficient (Wildman–Crippen LogP) is 26.7. The van der Waals surface area contributed by atoms with Crippen molar-refractivity contribution in [2.24, 2.45) is 0 Å². The van der Waals surface area contributed by atoms with E-state index in [0.717, 1.165) is 78.2 Å². The molecular formula is C106H66N10. The van der Waals surface area contributed by atoms with Crippen molar-refractivity contribution >= 4 is 130 Å². The third-order valence-electron chi connectivity index (χ3n) is 23.0. The number of aromatic nitrogens is 10. The zero-order chi connectivity index (χ0) is 76.3. The van der Waals surface area contributed by atoms with Crippen molar-refractivity contribution in [1.82, 2.24) is 48.2 Å². The molecule has 6 heterocycles. The minimum absolute atomic E-state index is 0.627. The minimum atomic E-state index is 0.627. The second kappa shape index (κ2) is 27.0. The number of hydrogen-bond donors (Lipinski definition) is 0. The van der Waals surface area contributed by atoms with Gasteiger partial charge in [0, 0.05) is 99.2 Å². The predicted molar refractivity (Wildman–Crippen MR) is 480 cm³/mol. The minimum Gasteiger partial charge on any atom is -0.309 e. The molecule has 0 spiro atoms. The highest BCUT2D eigenvalue weighted by Gasteiger charge is 2.23. The molecule has 10 nitrogen and oxygen atoms in total. The van der Waals surface area contributed by atoms with Crippen molar-refractivity contribution in [3.05, 3.63) is 400 Å². The Morgan fingerprint density at radius 1 is 0.129 bits per heavy atom. The van der Waals surface area contributed by atoms with Crippen LogP contribution < -0.4 is 0 Å². The fraction of sp³-hybridized carbons (Fsp3) is 0. The highest BCUT2D eigenvalue weighted by Crippen LogP contribution is 2.43. The van der Waals surface area contributed by atoms with Crippen molar-refractivity contribution in [3.63, 3.8) is 0 Å². The average molecular weight is 1480 g/mol. The van der Waals surface area contributed by atoms with Crippen LogP contribution in [0.15, 0.2) is 400 Å². The van der Waals surface area contributed by atoms with Crippen LogP contribution in [-0.2, 0) is 0 Å². The topological polar surface area (TPSA) is 97.1 Å². The average Bonchev–Trinajstić information content (AvgIpc) is 1.57. The molecule has 0 aliphatic rings. The van der Waals surface area contributed by atoms with Crippen LogP contribution in [0, 0.1) is 0 Å². The summed E-state index contributed by atoms with van der Waals surface area (Å²) < 4.78 is 9.61. The van der Waals surface area contributed by atoms with Gasteiger partial charge in [0.25, 0.3) is 0 Å². The molecule has 0 radical (unpaired) electrons. The monoisotopic (exact) mass is 1480 g/mol. The Labute approximate surface area is 665 Å². The first kappa shape index (κ1) is 66.0. The Morgan fingerprint density at radius 2 is 0.371 bits per heavy atom. The van der Waals surface area contributed by atoms with Crippen molar-refractivity contribution in [3.8, 4) is 91.1 Å². The first-order chi connectivity index (χ1) is 57.5. The summed E-state index contributed by atoms with van der Waals surface area (Å²) in [5.74, 6) is 3.83. The van der Waals surface area contributed by atoms with Crippen LogP contribution >= 0.6 is 0 Å². The molecule has 0 saturated heterocycles. The molecule has 0 amide bonds. The van der Waals surface area contributed by atoms with Gasteiger partial charge in [-0.15, -0.1) is 0 Å². The Hall–Kier alpha value is -15.8. The maximum atomic E-state index is 5.06. The molecule has 0 unspecified atom stereocenters. The van der Waals surface area contributed by atoms with Crippen LogP contribution in [-0.4, -0.2) is 48.2 Å². The van der Waals surface area contributed by atoms with E-state index >= 15 is 0 Å². The van der Waals surface area contributed by atoms with Gasteiger partial charge in [-0.1, -0.05) is 279 Å². The molecule has 540 valence electrons. The lowest BCUT2D eigenvalue weighted by Gasteiger charge is -2.12. The molecule has 0 fully saturated rings. The van der Waals surface area contributed by atoms with Gasteiger partial charge in [-0.2, -0.15) is 0 Å². The Balaban J connectivity index is 0.000000137. The largest absolute Gasteiger partial charge is 0.309 e. The smallest absolute Gasteiger partial charge is 0.164 e. The van der Waals surface area contributed by atoms with E-state index in [1.165, 1.54) is 108 Å². The summed E-state index contributed by atoms with van der Waals surface area (Å²) in [4.78, 5) is 30.0. The van der Waals surface area contributed by atoms with Gasteiger partial charge in [0.1, 0.15) is 0 Å². The molecule has 0 aliphatic carbocycles. The summed E-state index contributed by atoms with van der Waals surface area (Å²) in [6.45, 7) is 0. The maximum Gasteiger partial charge on any atom is 0.164 e. The van der Waals surface area contributed by atoms with Crippen LogP contribution in [0.2, 0.25) is 0 Å². The van der Waals surface area contributed by atoms with E-state index in [4.69, 9.17) is 29.9 Å². The molecule has 10 heteroatoms.